The van der Waals surface area contributed by atoms with Crippen molar-refractivity contribution in [2.75, 3.05) is 26.0 Å². The topological polar surface area (TPSA) is 71.3 Å². The molecule has 0 unspecified atom stereocenters. The summed E-state index contributed by atoms with van der Waals surface area (Å²) in [5.74, 6) is 0.572. The average Bonchev–Trinajstić information content (AvgIpc) is 2.87. The van der Waals surface area contributed by atoms with Crippen molar-refractivity contribution in [3.8, 4) is 0 Å². The minimum Gasteiger partial charge on any atom is -0.368 e. The third kappa shape index (κ3) is 3.01. The maximum absolute atomic E-state index is 10.7. The van der Waals surface area contributed by atoms with Crippen LogP contribution in [0.3, 0.4) is 0 Å². The number of nitrogens with zero attached hydrogens (tertiary/aromatic N) is 3. The third-order valence-electron chi connectivity index (χ3n) is 4.04. The van der Waals surface area contributed by atoms with E-state index in [-0.39, 0.29) is 11.2 Å². The Kier molecular flexibility index (Phi) is 3.99. The lowest BCUT2D eigenvalue weighted by molar-refractivity contribution is -0.384. The van der Waals surface area contributed by atoms with E-state index in [2.05, 4.69) is 29.3 Å². The van der Waals surface area contributed by atoms with Crippen LogP contribution in [0, 0.1) is 10.1 Å². The monoisotopic (exact) mass is 264 g/mol. The van der Waals surface area contributed by atoms with Crippen molar-refractivity contribution < 1.29 is 4.92 Å². The van der Waals surface area contributed by atoms with Gasteiger partial charge in [-0.3, -0.25) is 10.1 Å². The lowest BCUT2D eigenvalue weighted by Crippen LogP contribution is -2.47. The lowest BCUT2D eigenvalue weighted by atomic mass is 9.96. The zero-order valence-electron chi connectivity index (χ0n) is 11.4. The summed E-state index contributed by atoms with van der Waals surface area (Å²) in [7, 11) is 4.18. The Morgan fingerprint density at radius 1 is 1.47 bits per heavy atom. The van der Waals surface area contributed by atoms with Crippen molar-refractivity contribution in [2.24, 2.45) is 0 Å². The summed E-state index contributed by atoms with van der Waals surface area (Å²) >= 11 is 0. The first-order valence-corrected chi connectivity index (χ1v) is 6.55. The van der Waals surface area contributed by atoms with Gasteiger partial charge in [0.25, 0.3) is 5.69 Å². The van der Waals surface area contributed by atoms with Gasteiger partial charge in [0, 0.05) is 24.3 Å². The van der Waals surface area contributed by atoms with Crippen LogP contribution >= 0.6 is 0 Å². The van der Waals surface area contributed by atoms with Gasteiger partial charge in [0.15, 0.2) is 0 Å². The third-order valence-corrected chi connectivity index (χ3v) is 4.04. The molecule has 1 fully saturated rings. The number of hydrogen-bond acceptors (Lipinski definition) is 5. The Hall–Kier alpha value is -1.69. The molecule has 19 heavy (non-hydrogen) atoms. The minimum absolute atomic E-state index is 0.0721. The summed E-state index contributed by atoms with van der Waals surface area (Å²) in [6.07, 6.45) is 6.26. The predicted molar refractivity (Wildman–Crippen MR) is 74.3 cm³/mol. The largest absolute Gasteiger partial charge is 0.368 e. The number of nitro groups is 1. The Bertz CT molecular complexity index is 456. The summed E-state index contributed by atoms with van der Waals surface area (Å²) in [6, 6.07) is 2.89. The Morgan fingerprint density at radius 2 is 2.16 bits per heavy atom. The molecule has 0 atom stereocenters. The maximum Gasteiger partial charge on any atom is 0.274 e. The number of rotatable bonds is 5. The van der Waals surface area contributed by atoms with Gasteiger partial charge < -0.3 is 10.2 Å². The molecule has 0 aromatic carbocycles. The Balaban J connectivity index is 2.05. The molecule has 0 aliphatic heterocycles. The number of nitrogens with one attached hydrogen (secondary N) is 1. The van der Waals surface area contributed by atoms with Crippen molar-refractivity contribution >= 4 is 11.5 Å². The second kappa shape index (κ2) is 5.52. The van der Waals surface area contributed by atoms with E-state index in [0.717, 1.165) is 19.4 Å². The smallest absolute Gasteiger partial charge is 0.274 e. The summed E-state index contributed by atoms with van der Waals surface area (Å²) in [5.41, 5.74) is 0.217. The van der Waals surface area contributed by atoms with Gasteiger partial charge in [-0.25, -0.2) is 4.98 Å². The molecule has 1 aliphatic rings. The van der Waals surface area contributed by atoms with Crippen molar-refractivity contribution in [1.29, 1.82) is 0 Å². The van der Waals surface area contributed by atoms with E-state index in [9.17, 15) is 10.1 Å². The quantitative estimate of drug-likeness (QED) is 0.652. The maximum atomic E-state index is 10.7. The molecule has 1 aromatic rings. The number of pyridine rings is 1. The molecule has 6 nitrogen and oxygen atoms in total. The summed E-state index contributed by atoms with van der Waals surface area (Å²) < 4.78 is 0. The molecule has 1 N–H and O–H groups in total. The summed E-state index contributed by atoms with van der Waals surface area (Å²) in [5, 5.41) is 14.0. The number of aromatic nitrogens is 1. The Morgan fingerprint density at radius 3 is 2.74 bits per heavy atom. The first-order chi connectivity index (χ1) is 9.03. The van der Waals surface area contributed by atoms with Crippen molar-refractivity contribution in [1.82, 2.24) is 9.88 Å². The molecule has 1 aliphatic carbocycles. The van der Waals surface area contributed by atoms with Crippen LogP contribution in [0.15, 0.2) is 18.3 Å². The van der Waals surface area contributed by atoms with Gasteiger partial charge in [-0.15, -0.1) is 0 Å². The highest BCUT2D eigenvalue weighted by molar-refractivity contribution is 5.44. The minimum atomic E-state index is -0.399. The van der Waals surface area contributed by atoms with Crippen LogP contribution in [-0.2, 0) is 0 Å². The first kappa shape index (κ1) is 13.7. The van der Waals surface area contributed by atoms with Crippen LogP contribution in [0.2, 0.25) is 0 Å². The summed E-state index contributed by atoms with van der Waals surface area (Å²) in [6.45, 7) is 0.772. The first-order valence-electron chi connectivity index (χ1n) is 6.55. The van der Waals surface area contributed by atoms with Gasteiger partial charge >= 0.3 is 0 Å². The average molecular weight is 264 g/mol. The van der Waals surface area contributed by atoms with Crippen LogP contribution in [-0.4, -0.2) is 41.0 Å². The van der Waals surface area contributed by atoms with E-state index in [4.69, 9.17) is 0 Å². The molecular formula is C13H20N4O2. The van der Waals surface area contributed by atoms with E-state index < -0.39 is 4.92 Å². The molecule has 0 radical (unpaired) electrons. The molecule has 0 amide bonds. The van der Waals surface area contributed by atoms with Crippen LogP contribution in [0.5, 0.6) is 0 Å². The van der Waals surface area contributed by atoms with Gasteiger partial charge in [-0.05, 0) is 26.9 Å². The van der Waals surface area contributed by atoms with Crippen LogP contribution < -0.4 is 5.32 Å². The van der Waals surface area contributed by atoms with Gasteiger partial charge in [0.05, 0.1) is 11.0 Å². The van der Waals surface area contributed by atoms with Gasteiger partial charge in [-0.2, -0.15) is 0 Å². The highest BCUT2D eigenvalue weighted by Gasteiger charge is 2.35. The molecule has 1 saturated carbocycles. The molecule has 0 saturated heterocycles. The van der Waals surface area contributed by atoms with Crippen molar-refractivity contribution in [3.05, 3.63) is 28.4 Å². The van der Waals surface area contributed by atoms with Crippen LogP contribution in [0.1, 0.15) is 25.7 Å². The van der Waals surface area contributed by atoms with E-state index in [1.165, 1.54) is 31.2 Å². The number of likely N-dealkylation sites (N-methyl/N-ethyl adjacent to an activating group) is 1. The molecule has 0 bridgehead atoms. The summed E-state index contributed by atoms with van der Waals surface area (Å²) in [4.78, 5) is 16.7. The fourth-order valence-corrected chi connectivity index (χ4v) is 2.70. The zero-order valence-corrected chi connectivity index (χ0v) is 11.4. The lowest BCUT2D eigenvalue weighted by Gasteiger charge is -2.36. The highest BCUT2D eigenvalue weighted by Crippen LogP contribution is 2.33. The molecule has 1 aromatic heterocycles. The molecular weight excluding hydrogens is 244 g/mol. The van der Waals surface area contributed by atoms with Crippen molar-refractivity contribution in [2.45, 2.75) is 31.2 Å². The molecule has 6 heteroatoms. The number of anilines is 1. The van der Waals surface area contributed by atoms with Crippen LogP contribution in [0.25, 0.3) is 0 Å². The predicted octanol–water partition coefficient (Wildman–Crippen LogP) is 2.28. The fraction of sp³-hybridized carbons (Fsp3) is 0.615. The normalized spacial score (nSPS) is 17.6. The fourth-order valence-electron chi connectivity index (χ4n) is 2.70. The standard InChI is InChI=1S/C13H20N4O2/c1-16(2)13(6-3-4-7-13)10-15-12-9-11(17(18)19)5-8-14-12/h5,8-9H,3-4,6-7,10H2,1-2H3,(H,14,15). The zero-order chi connectivity index (χ0) is 13.9. The molecule has 1 heterocycles. The van der Waals surface area contributed by atoms with E-state index in [0.29, 0.717) is 5.82 Å². The Labute approximate surface area is 113 Å². The van der Waals surface area contributed by atoms with E-state index in [1.54, 1.807) is 0 Å². The van der Waals surface area contributed by atoms with Crippen LogP contribution in [0.4, 0.5) is 11.5 Å². The van der Waals surface area contributed by atoms with E-state index in [1.807, 2.05) is 0 Å². The van der Waals surface area contributed by atoms with Gasteiger partial charge in [-0.1, -0.05) is 12.8 Å². The molecule has 0 spiro atoms. The second-order valence-corrected chi connectivity index (χ2v) is 5.34. The molecule has 2 rings (SSSR count). The molecule has 104 valence electrons. The van der Waals surface area contributed by atoms with E-state index >= 15 is 0 Å². The second-order valence-electron chi connectivity index (χ2n) is 5.34. The van der Waals surface area contributed by atoms with Gasteiger partial charge in [0.1, 0.15) is 5.82 Å². The van der Waals surface area contributed by atoms with Gasteiger partial charge in [0.2, 0.25) is 0 Å². The SMILES string of the molecule is CN(C)C1(CNc2cc([N+](=O)[O-])ccn2)CCCC1. The number of hydrogen-bond donors (Lipinski definition) is 1. The highest BCUT2D eigenvalue weighted by atomic mass is 16.6. The van der Waals surface area contributed by atoms with Crippen molar-refractivity contribution in [3.63, 3.8) is 0 Å².